The Balaban J connectivity index is 1.52. The van der Waals surface area contributed by atoms with Crippen molar-refractivity contribution < 1.29 is 13.9 Å². The fraction of sp³-hybridized carbons (Fsp3) is 0.211. The number of esters is 1. The third-order valence-corrected chi connectivity index (χ3v) is 7.21. The van der Waals surface area contributed by atoms with Crippen LogP contribution in [0.3, 0.4) is 0 Å². The molecule has 30 heavy (non-hydrogen) atoms. The van der Waals surface area contributed by atoms with Gasteiger partial charge < -0.3 is 10.1 Å². The van der Waals surface area contributed by atoms with Crippen LogP contribution in [0, 0.1) is 12.7 Å². The molecule has 7 nitrogen and oxygen atoms in total. The summed E-state index contributed by atoms with van der Waals surface area (Å²) in [5.41, 5.74) is 1.74. The summed E-state index contributed by atoms with van der Waals surface area (Å²) in [5.74, 6) is -0.614. The number of hydrogen-bond donors (Lipinski definition) is 1. The Kier molecular flexibility index (Phi) is 6.21. The normalized spacial score (nSPS) is 11.0. The minimum Gasteiger partial charge on any atom is -0.462 e. The van der Waals surface area contributed by atoms with Crippen molar-refractivity contribution in [2.45, 2.75) is 29.8 Å². The highest BCUT2D eigenvalue weighted by Gasteiger charge is 2.21. The zero-order valence-electron chi connectivity index (χ0n) is 16.0. The lowest BCUT2D eigenvalue weighted by molar-refractivity contribution is 0.0531. The molecule has 0 atom stereocenters. The summed E-state index contributed by atoms with van der Waals surface area (Å²) >= 11 is 4.06. The van der Waals surface area contributed by atoms with E-state index < -0.39 is 0 Å². The van der Waals surface area contributed by atoms with Crippen molar-refractivity contribution in [3.05, 3.63) is 52.4 Å². The number of aryl methyl sites for hydroxylation is 1. The summed E-state index contributed by atoms with van der Waals surface area (Å²) in [6.45, 7) is 4.48. The average molecular weight is 462 g/mol. The van der Waals surface area contributed by atoms with Crippen LogP contribution in [0.2, 0.25) is 0 Å². The van der Waals surface area contributed by atoms with Crippen molar-refractivity contribution in [2.24, 2.45) is 0 Å². The molecule has 0 fully saturated rings. The number of aromatic nitrogens is 4. The zero-order chi connectivity index (χ0) is 21.1. The first kappa shape index (κ1) is 20.6. The van der Waals surface area contributed by atoms with Gasteiger partial charge in [0, 0.05) is 11.9 Å². The Labute approximate surface area is 183 Å². The number of ether oxygens (including phenoxy) is 1. The van der Waals surface area contributed by atoms with Crippen LogP contribution in [0.25, 0.3) is 10.2 Å². The van der Waals surface area contributed by atoms with Crippen molar-refractivity contribution in [3.8, 4) is 0 Å². The highest BCUT2D eigenvalue weighted by atomic mass is 32.2. The maximum atomic E-state index is 13.0. The molecule has 1 aromatic carbocycles. The van der Waals surface area contributed by atoms with Gasteiger partial charge in [-0.15, -0.1) is 21.5 Å². The summed E-state index contributed by atoms with van der Waals surface area (Å²) in [6, 6.07) is 6.28. The number of benzene rings is 1. The second-order valence-corrected chi connectivity index (χ2v) is 9.30. The lowest BCUT2D eigenvalue weighted by atomic mass is 10.2. The molecule has 0 bridgehead atoms. The summed E-state index contributed by atoms with van der Waals surface area (Å²) < 4.78 is 18.9. The van der Waals surface area contributed by atoms with Gasteiger partial charge in [0.1, 0.15) is 26.9 Å². The molecule has 0 spiro atoms. The number of carbonyl (C=O) groups excluding carboxylic acids is 1. The summed E-state index contributed by atoms with van der Waals surface area (Å²) in [5, 5.41) is 13.7. The second kappa shape index (κ2) is 9.02. The van der Waals surface area contributed by atoms with Gasteiger partial charge in [-0.1, -0.05) is 23.5 Å². The number of rotatable bonds is 7. The summed E-state index contributed by atoms with van der Waals surface area (Å²) in [4.78, 5) is 22.1. The molecule has 0 aliphatic rings. The summed E-state index contributed by atoms with van der Waals surface area (Å²) in [7, 11) is 0. The Morgan fingerprint density at radius 1 is 1.20 bits per heavy atom. The van der Waals surface area contributed by atoms with E-state index in [-0.39, 0.29) is 11.8 Å². The molecule has 0 amide bonds. The van der Waals surface area contributed by atoms with Gasteiger partial charge in [0.2, 0.25) is 5.13 Å². The number of nitrogens with zero attached hydrogens (tertiary/aromatic N) is 4. The predicted molar refractivity (Wildman–Crippen MR) is 116 cm³/mol. The number of carbonyl (C=O) groups is 1. The van der Waals surface area contributed by atoms with Gasteiger partial charge in [0.25, 0.3) is 0 Å². The molecule has 0 radical (unpaired) electrons. The highest BCUT2D eigenvalue weighted by molar-refractivity contribution is 8.01. The van der Waals surface area contributed by atoms with Crippen LogP contribution in [0.1, 0.15) is 27.7 Å². The van der Waals surface area contributed by atoms with Crippen LogP contribution >= 0.6 is 34.4 Å². The van der Waals surface area contributed by atoms with Crippen LogP contribution in [0.5, 0.6) is 0 Å². The van der Waals surface area contributed by atoms with E-state index in [4.69, 9.17) is 4.74 Å². The maximum Gasteiger partial charge on any atom is 0.348 e. The predicted octanol–water partition coefficient (Wildman–Crippen LogP) is 4.93. The lowest BCUT2D eigenvalue weighted by Crippen LogP contribution is -2.03. The first-order valence-electron chi connectivity index (χ1n) is 8.96. The Morgan fingerprint density at radius 2 is 2.00 bits per heavy atom. The van der Waals surface area contributed by atoms with E-state index in [1.807, 2.05) is 6.92 Å². The zero-order valence-corrected chi connectivity index (χ0v) is 18.5. The van der Waals surface area contributed by atoms with Crippen LogP contribution in [-0.4, -0.2) is 32.7 Å². The molecule has 4 aromatic rings. The molecule has 3 heterocycles. The number of fused-ring (bicyclic) bond motifs is 1. The minimum atomic E-state index is -0.350. The third kappa shape index (κ3) is 4.42. The Morgan fingerprint density at radius 3 is 2.77 bits per heavy atom. The van der Waals surface area contributed by atoms with Crippen LogP contribution in [-0.2, 0) is 11.3 Å². The van der Waals surface area contributed by atoms with Crippen molar-refractivity contribution >= 4 is 55.8 Å². The van der Waals surface area contributed by atoms with Gasteiger partial charge in [0.05, 0.1) is 6.61 Å². The van der Waals surface area contributed by atoms with E-state index in [0.717, 1.165) is 21.3 Å². The molecule has 4 rings (SSSR count). The van der Waals surface area contributed by atoms with Crippen molar-refractivity contribution in [1.29, 1.82) is 0 Å². The standard InChI is InChI=1S/C19H16FN5O2S3/c1-3-27-17(26)14-10(2)13-15(28-14)22-9-23-16(13)29-19-25-24-18(30-19)21-8-11-4-6-12(20)7-5-11/h4-7,9H,3,8H2,1-2H3,(H,21,24). The van der Waals surface area contributed by atoms with Crippen LogP contribution < -0.4 is 5.32 Å². The second-order valence-electron chi connectivity index (χ2n) is 6.09. The van der Waals surface area contributed by atoms with Gasteiger partial charge in [-0.2, -0.15) is 0 Å². The average Bonchev–Trinajstić information content (AvgIpc) is 3.32. The largest absolute Gasteiger partial charge is 0.462 e. The topological polar surface area (TPSA) is 89.9 Å². The van der Waals surface area contributed by atoms with E-state index in [1.165, 1.54) is 52.9 Å². The summed E-state index contributed by atoms with van der Waals surface area (Å²) in [6.07, 6.45) is 1.48. The van der Waals surface area contributed by atoms with Crippen LogP contribution in [0.15, 0.2) is 40.0 Å². The van der Waals surface area contributed by atoms with Crippen molar-refractivity contribution in [3.63, 3.8) is 0 Å². The fourth-order valence-corrected chi connectivity index (χ4v) is 5.61. The van der Waals surface area contributed by atoms with E-state index in [9.17, 15) is 9.18 Å². The van der Waals surface area contributed by atoms with Gasteiger partial charge >= 0.3 is 5.97 Å². The van der Waals surface area contributed by atoms with Gasteiger partial charge in [-0.25, -0.2) is 19.2 Å². The Hall–Kier alpha value is -2.63. The highest BCUT2D eigenvalue weighted by Crippen LogP contribution is 2.39. The lowest BCUT2D eigenvalue weighted by Gasteiger charge is -2.02. The number of thiophene rings is 1. The van der Waals surface area contributed by atoms with E-state index in [0.29, 0.717) is 32.5 Å². The number of anilines is 1. The third-order valence-electron chi connectivity index (χ3n) is 4.10. The molecule has 0 unspecified atom stereocenters. The molecule has 11 heteroatoms. The molecular formula is C19H16FN5O2S3. The SMILES string of the molecule is CCOC(=O)c1sc2ncnc(Sc3nnc(NCc4ccc(F)cc4)s3)c2c1C. The molecule has 154 valence electrons. The quantitative estimate of drug-likeness (QED) is 0.306. The first-order valence-corrected chi connectivity index (χ1v) is 11.4. The smallest absolute Gasteiger partial charge is 0.348 e. The van der Waals surface area contributed by atoms with Crippen molar-refractivity contribution in [2.75, 3.05) is 11.9 Å². The minimum absolute atomic E-state index is 0.264. The number of halogens is 1. The molecule has 3 aromatic heterocycles. The van der Waals surface area contributed by atoms with Gasteiger partial charge in [0.15, 0.2) is 4.34 Å². The molecule has 1 N–H and O–H groups in total. The molecule has 0 saturated carbocycles. The molecule has 0 aliphatic heterocycles. The maximum absolute atomic E-state index is 13.0. The first-order chi connectivity index (χ1) is 14.5. The fourth-order valence-electron chi connectivity index (χ4n) is 2.69. The molecule has 0 saturated heterocycles. The van der Waals surface area contributed by atoms with Crippen LogP contribution in [0.4, 0.5) is 9.52 Å². The van der Waals surface area contributed by atoms with E-state index in [1.54, 1.807) is 19.1 Å². The van der Waals surface area contributed by atoms with E-state index >= 15 is 0 Å². The molecular weight excluding hydrogens is 445 g/mol. The van der Waals surface area contributed by atoms with Crippen molar-refractivity contribution in [1.82, 2.24) is 20.2 Å². The Bertz CT molecular complexity index is 1190. The van der Waals surface area contributed by atoms with Gasteiger partial charge in [-0.3, -0.25) is 0 Å². The van der Waals surface area contributed by atoms with Gasteiger partial charge in [-0.05, 0) is 48.9 Å². The monoisotopic (exact) mass is 461 g/mol. The number of nitrogens with one attached hydrogen (secondary N) is 1. The van der Waals surface area contributed by atoms with E-state index in [2.05, 4.69) is 25.5 Å². The number of hydrogen-bond acceptors (Lipinski definition) is 10. The molecule has 0 aliphatic carbocycles.